The van der Waals surface area contributed by atoms with E-state index in [1.165, 1.54) is 4.68 Å². The molecule has 0 aromatic carbocycles. The molecule has 0 aliphatic carbocycles. The number of rotatable bonds is 2. The van der Waals surface area contributed by atoms with Crippen LogP contribution in [0.5, 0.6) is 0 Å². The summed E-state index contributed by atoms with van der Waals surface area (Å²) in [4.78, 5) is 2.23. The van der Waals surface area contributed by atoms with Crippen molar-refractivity contribution in [3.8, 4) is 0 Å². The predicted octanol–water partition coefficient (Wildman–Crippen LogP) is 0.168. The van der Waals surface area contributed by atoms with Gasteiger partial charge in [-0.25, -0.2) is 9.04 Å². The highest BCUT2D eigenvalue weighted by molar-refractivity contribution is 7.80. The number of nitrogens with zero attached hydrogens (tertiary/aromatic N) is 1. The van der Waals surface area contributed by atoms with Crippen LogP contribution in [-0.4, -0.2) is 13.4 Å². The first kappa shape index (κ1) is 6.31. The number of nitrogens with one attached hydrogen (secondary N) is 1. The highest BCUT2D eigenvalue weighted by atomic mass is 32.2. The maximum atomic E-state index is 10.0. The lowest BCUT2D eigenvalue weighted by atomic mass is 10.7. The summed E-state index contributed by atoms with van der Waals surface area (Å²) < 4.78 is 19.7. The van der Waals surface area contributed by atoms with Crippen LogP contribution in [0.1, 0.15) is 0 Å². The maximum Gasteiger partial charge on any atom is 0.274 e. The van der Waals surface area contributed by atoms with Crippen molar-refractivity contribution in [2.75, 3.05) is 4.83 Å². The minimum atomic E-state index is -1.98. The van der Waals surface area contributed by atoms with Crippen molar-refractivity contribution in [3.63, 3.8) is 0 Å². The summed E-state index contributed by atoms with van der Waals surface area (Å²) in [5.74, 6) is 0. The molecule has 0 aliphatic rings. The molecule has 1 aromatic heterocycles. The Hall–Kier alpha value is -0.810. The average Bonchev–Trinajstić information content (AvgIpc) is 2.15. The van der Waals surface area contributed by atoms with Gasteiger partial charge in [-0.3, -0.25) is 9.23 Å². The van der Waals surface area contributed by atoms with Crippen molar-refractivity contribution in [3.05, 3.63) is 24.5 Å². The second kappa shape index (κ2) is 2.65. The second-order valence-corrected chi connectivity index (χ2v) is 2.11. The zero-order valence-corrected chi connectivity index (χ0v) is 5.34. The largest absolute Gasteiger partial charge is 0.288 e. The topological polar surface area (TPSA) is 54.3 Å². The molecule has 0 aliphatic heterocycles. The van der Waals surface area contributed by atoms with E-state index in [-0.39, 0.29) is 0 Å². The van der Waals surface area contributed by atoms with Gasteiger partial charge in [0.25, 0.3) is 11.3 Å². The van der Waals surface area contributed by atoms with Crippen LogP contribution in [0.2, 0.25) is 0 Å². The first-order valence-electron chi connectivity index (χ1n) is 2.29. The summed E-state index contributed by atoms with van der Waals surface area (Å²) in [5, 5.41) is 0. The Kier molecular flexibility index (Phi) is 1.86. The first-order chi connectivity index (χ1) is 4.29. The van der Waals surface area contributed by atoms with Crippen LogP contribution in [0.25, 0.3) is 0 Å². The van der Waals surface area contributed by atoms with Crippen molar-refractivity contribution in [1.82, 2.24) is 4.68 Å². The van der Waals surface area contributed by atoms with Crippen LogP contribution >= 0.6 is 0 Å². The fourth-order valence-corrected chi connectivity index (χ4v) is 0.788. The van der Waals surface area contributed by atoms with Gasteiger partial charge in [0.15, 0.2) is 0 Å². The number of aromatic nitrogens is 1. The Balaban J connectivity index is 2.58. The third-order valence-electron chi connectivity index (χ3n) is 0.788. The van der Waals surface area contributed by atoms with Crippen LogP contribution in [0.3, 0.4) is 0 Å². The van der Waals surface area contributed by atoms with Crippen LogP contribution in [0.4, 0.5) is 0 Å². The SMILES string of the molecule is O=S(O)Nn1cccc1. The molecule has 0 saturated carbocycles. The minimum absolute atomic E-state index is 1.40. The Labute approximate surface area is 54.9 Å². The normalized spacial score (nSPS) is 13.0. The summed E-state index contributed by atoms with van der Waals surface area (Å²) in [6, 6.07) is 3.50. The summed E-state index contributed by atoms with van der Waals surface area (Å²) in [5.41, 5.74) is 0. The van der Waals surface area contributed by atoms with Gasteiger partial charge < -0.3 is 0 Å². The predicted molar refractivity (Wildman–Crippen MR) is 34.6 cm³/mol. The van der Waals surface area contributed by atoms with Crippen molar-refractivity contribution < 1.29 is 8.76 Å². The van der Waals surface area contributed by atoms with E-state index in [4.69, 9.17) is 4.55 Å². The molecule has 50 valence electrons. The fourth-order valence-electron chi connectivity index (χ4n) is 0.486. The smallest absolute Gasteiger partial charge is 0.274 e. The molecule has 5 heteroatoms. The quantitative estimate of drug-likeness (QED) is 0.584. The highest BCUT2D eigenvalue weighted by Gasteiger charge is 1.87. The average molecular weight is 146 g/mol. The molecule has 0 bridgehead atoms. The molecule has 0 fully saturated rings. The molecule has 0 amide bonds. The van der Waals surface area contributed by atoms with E-state index in [1.807, 2.05) is 0 Å². The Morgan fingerprint density at radius 1 is 1.44 bits per heavy atom. The lowest BCUT2D eigenvalue weighted by Crippen LogP contribution is -2.13. The zero-order chi connectivity index (χ0) is 6.69. The number of hydrogen-bond acceptors (Lipinski definition) is 1. The molecular formula is C4H6N2O2S. The third-order valence-corrected chi connectivity index (χ3v) is 1.15. The summed E-state index contributed by atoms with van der Waals surface area (Å²) in [7, 11) is 0. The molecular weight excluding hydrogens is 140 g/mol. The van der Waals surface area contributed by atoms with Gasteiger partial charge in [0, 0.05) is 12.4 Å². The van der Waals surface area contributed by atoms with Gasteiger partial charge in [-0.15, -0.1) is 0 Å². The van der Waals surface area contributed by atoms with Gasteiger partial charge in [0.2, 0.25) is 0 Å². The lowest BCUT2D eigenvalue weighted by Gasteiger charge is -1.98. The van der Waals surface area contributed by atoms with E-state index < -0.39 is 11.3 Å². The molecule has 1 atom stereocenters. The molecule has 1 unspecified atom stereocenters. The summed E-state index contributed by atoms with van der Waals surface area (Å²) in [6.07, 6.45) is 3.27. The molecule has 4 nitrogen and oxygen atoms in total. The van der Waals surface area contributed by atoms with Crippen LogP contribution < -0.4 is 4.83 Å². The molecule has 1 rings (SSSR count). The Morgan fingerprint density at radius 3 is 2.44 bits per heavy atom. The zero-order valence-electron chi connectivity index (χ0n) is 4.52. The van der Waals surface area contributed by atoms with E-state index in [0.717, 1.165) is 0 Å². The van der Waals surface area contributed by atoms with Crippen LogP contribution in [0, 0.1) is 0 Å². The minimum Gasteiger partial charge on any atom is -0.288 e. The summed E-state index contributed by atoms with van der Waals surface area (Å²) >= 11 is -1.98. The molecule has 0 spiro atoms. The van der Waals surface area contributed by atoms with Crippen LogP contribution in [0.15, 0.2) is 24.5 Å². The van der Waals surface area contributed by atoms with Gasteiger partial charge in [-0.05, 0) is 12.1 Å². The molecule has 1 heterocycles. The summed E-state index contributed by atoms with van der Waals surface area (Å²) in [6.45, 7) is 0. The van der Waals surface area contributed by atoms with E-state index in [2.05, 4.69) is 4.83 Å². The van der Waals surface area contributed by atoms with Crippen molar-refractivity contribution in [1.29, 1.82) is 0 Å². The van der Waals surface area contributed by atoms with Gasteiger partial charge in [-0.1, -0.05) is 0 Å². The molecule has 0 radical (unpaired) electrons. The van der Waals surface area contributed by atoms with E-state index >= 15 is 0 Å². The van der Waals surface area contributed by atoms with Gasteiger partial charge in [0.05, 0.1) is 0 Å². The Morgan fingerprint density at radius 2 is 2.00 bits per heavy atom. The molecule has 2 N–H and O–H groups in total. The molecule has 0 saturated heterocycles. The maximum absolute atomic E-state index is 10.0. The van der Waals surface area contributed by atoms with E-state index in [0.29, 0.717) is 0 Å². The van der Waals surface area contributed by atoms with Crippen molar-refractivity contribution in [2.24, 2.45) is 0 Å². The lowest BCUT2D eigenvalue weighted by molar-refractivity contribution is 0.564. The Bertz CT molecular complexity index is 196. The fraction of sp³-hybridized carbons (Fsp3) is 0. The second-order valence-electron chi connectivity index (χ2n) is 1.43. The van der Waals surface area contributed by atoms with Gasteiger partial charge in [-0.2, -0.15) is 0 Å². The van der Waals surface area contributed by atoms with Gasteiger partial charge >= 0.3 is 0 Å². The van der Waals surface area contributed by atoms with Crippen molar-refractivity contribution in [2.45, 2.75) is 0 Å². The molecule has 1 aromatic rings. The van der Waals surface area contributed by atoms with Crippen LogP contribution in [-0.2, 0) is 11.3 Å². The van der Waals surface area contributed by atoms with E-state index in [1.54, 1.807) is 24.5 Å². The highest BCUT2D eigenvalue weighted by Crippen LogP contribution is 1.84. The first-order valence-corrected chi connectivity index (χ1v) is 3.40. The third kappa shape index (κ3) is 1.87. The number of hydrogen-bond donors (Lipinski definition) is 2. The standard InChI is InChI=1S/C4H6N2O2S/c7-9(8)5-6-3-1-2-4-6/h1-5H,(H,7,8). The van der Waals surface area contributed by atoms with Crippen molar-refractivity contribution >= 4 is 11.3 Å². The van der Waals surface area contributed by atoms with Gasteiger partial charge in [0.1, 0.15) is 0 Å². The van der Waals surface area contributed by atoms with E-state index in [9.17, 15) is 4.21 Å². The molecule has 9 heavy (non-hydrogen) atoms. The monoisotopic (exact) mass is 146 g/mol.